The van der Waals surface area contributed by atoms with Crippen LogP contribution in [0.5, 0.6) is 5.75 Å². The van der Waals surface area contributed by atoms with Crippen molar-refractivity contribution < 1.29 is 9.13 Å². The predicted octanol–water partition coefficient (Wildman–Crippen LogP) is 2.69. The van der Waals surface area contributed by atoms with E-state index in [1.165, 1.54) is 12.3 Å². The molecule has 0 aliphatic carbocycles. The molecule has 2 N–H and O–H groups in total. The zero-order valence-electron chi connectivity index (χ0n) is 10.8. The number of ether oxygens (including phenoxy) is 1. The van der Waals surface area contributed by atoms with Gasteiger partial charge in [0, 0.05) is 17.8 Å². The van der Waals surface area contributed by atoms with Gasteiger partial charge in [0.05, 0.1) is 6.20 Å². The fourth-order valence-electron chi connectivity index (χ4n) is 1.86. The average Bonchev–Trinajstić information content (AvgIpc) is 2.37. The van der Waals surface area contributed by atoms with Crippen LogP contribution >= 0.6 is 0 Å². The summed E-state index contributed by atoms with van der Waals surface area (Å²) in [4.78, 5) is 3.79. The van der Waals surface area contributed by atoms with Crippen LogP contribution in [0.3, 0.4) is 0 Å². The lowest BCUT2D eigenvalue weighted by Crippen LogP contribution is -2.18. The van der Waals surface area contributed by atoms with Gasteiger partial charge in [-0.05, 0) is 31.0 Å². The molecule has 4 heteroatoms. The first kappa shape index (κ1) is 13.5. The van der Waals surface area contributed by atoms with E-state index >= 15 is 0 Å². The molecule has 0 aliphatic rings. The summed E-state index contributed by atoms with van der Waals surface area (Å²) in [6.45, 7) is 2.24. The number of nitrogens with two attached hydrogens (primary N) is 1. The summed E-state index contributed by atoms with van der Waals surface area (Å²) in [7, 11) is 0. The Morgan fingerprint density at radius 3 is 2.84 bits per heavy atom. The van der Waals surface area contributed by atoms with Gasteiger partial charge in [0.1, 0.15) is 18.2 Å². The molecule has 0 amide bonds. The Morgan fingerprint density at radius 1 is 1.32 bits per heavy atom. The summed E-state index contributed by atoms with van der Waals surface area (Å²) in [6.07, 6.45) is 3.52. The first-order valence-electron chi connectivity index (χ1n) is 6.21. The van der Waals surface area contributed by atoms with Crippen LogP contribution in [-0.2, 0) is 13.0 Å². The second-order valence-electron chi connectivity index (χ2n) is 4.59. The molecule has 2 aromatic rings. The van der Waals surface area contributed by atoms with Gasteiger partial charge in [-0.2, -0.15) is 0 Å². The topological polar surface area (TPSA) is 48.1 Å². The molecule has 1 aromatic carbocycles. The molecule has 1 heterocycles. The molecule has 0 saturated heterocycles. The fourth-order valence-corrected chi connectivity index (χ4v) is 1.86. The van der Waals surface area contributed by atoms with Crippen LogP contribution in [-0.4, -0.2) is 11.0 Å². The molecule has 19 heavy (non-hydrogen) atoms. The predicted molar refractivity (Wildman–Crippen MR) is 72.3 cm³/mol. The molecule has 0 spiro atoms. The number of para-hydroxylation sites is 1. The number of hydrogen-bond donors (Lipinski definition) is 1. The summed E-state index contributed by atoms with van der Waals surface area (Å²) in [5.74, 6) is 0.425. The van der Waals surface area contributed by atoms with Crippen molar-refractivity contribution in [3.63, 3.8) is 0 Å². The van der Waals surface area contributed by atoms with Crippen molar-refractivity contribution in [1.29, 1.82) is 0 Å². The Hall–Kier alpha value is -1.94. The smallest absolute Gasteiger partial charge is 0.141 e. The van der Waals surface area contributed by atoms with Gasteiger partial charge in [-0.3, -0.25) is 4.98 Å². The van der Waals surface area contributed by atoms with Crippen LogP contribution in [0, 0.1) is 5.82 Å². The van der Waals surface area contributed by atoms with E-state index in [1.807, 2.05) is 31.2 Å². The number of rotatable bonds is 5. The van der Waals surface area contributed by atoms with Crippen molar-refractivity contribution in [3.05, 3.63) is 59.7 Å². The van der Waals surface area contributed by atoms with Crippen molar-refractivity contribution >= 4 is 0 Å². The average molecular weight is 260 g/mol. The second kappa shape index (κ2) is 6.29. The lowest BCUT2D eigenvalue weighted by Gasteiger charge is -2.12. The first-order chi connectivity index (χ1) is 9.15. The molecular weight excluding hydrogens is 243 g/mol. The second-order valence-corrected chi connectivity index (χ2v) is 4.59. The van der Waals surface area contributed by atoms with Crippen molar-refractivity contribution in [2.24, 2.45) is 5.73 Å². The van der Waals surface area contributed by atoms with Crippen LogP contribution < -0.4 is 10.5 Å². The number of pyridine rings is 1. The number of benzene rings is 1. The van der Waals surface area contributed by atoms with Gasteiger partial charge in [-0.15, -0.1) is 0 Å². The normalized spacial score (nSPS) is 12.2. The van der Waals surface area contributed by atoms with Gasteiger partial charge in [0.2, 0.25) is 0 Å². The molecule has 100 valence electrons. The Kier molecular flexibility index (Phi) is 4.47. The fraction of sp³-hybridized carbons (Fsp3) is 0.267. The van der Waals surface area contributed by atoms with E-state index in [2.05, 4.69) is 4.98 Å². The van der Waals surface area contributed by atoms with Gasteiger partial charge in [-0.1, -0.05) is 18.2 Å². The van der Waals surface area contributed by atoms with Gasteiger partial charge in [-0.25, -0.2) is 4.39 Å². The molecule has 1 unspecified atom stereocenters. The molecule has 2 rings (SSSR count). The summed E-state index contributed by atoms with van der Waals surface area (Å²) in [5.41, 5.74) is 7.57. The van der Waals surface area contributed by atoms with Crippen molar-refractivity contribution in [2.45, 2.75) is 26.0 Å². The van der Waals surface area contributed by atoms with Crippen molar-refractivity contribution in [3.8, 4) is 5.75 Å². The van der Waals surface area contributed by atoms with Crippen LogP contribution in [0.1, 0.15) is 18.1 Å². The Morgan fingerprint density at radius 2 is 2.11 bits per heavy atom. The van der Waals surface area contributed by atoms with E-state index in [0.717, 1.165) is 17.7 Å². The number of aromatic nitrogens is 1. The number of halogens is 1. The number of hydrogen-bond acceptors (Lipinski definition) is 3. The maximum absolute atomic E-state index is 13.0. The van der Waals surface area contributed by atoms with Gasteiger partial charge in [0.15, 0.2) is 0 Å². The Labute approximate surface area is 112 Å². The molecule has 0 aliphatic heterocycles. The van der Waals surface area contributed by atoms with Crippen LogP contribution in [0.4, 0.5) is 4.39 Å². The van der Waals surface area contributed by atoms with Crippen LogP contribution in [0.25, 0.3) is 0 Å². The molecular formula is C15H17FN2O. The lowest BCUT2D eigenvalue weighted by molar-refractivity contribution is 0.301. The highest BCUT2D eigenvalue weighted by molar-refractivity contribution is 5.34. The first-order valence-corrected chi connectivity index (χ1v) is 6.21. The highest BCUT2D eigenvalue weighted by Crippen LogP contribution is 2.20. The van der Waals surface area contributed by atoms with Crippen molar-refractivity contribution in [2.75, 3.05) is 0 Å². The Balaban J connectivity index is 2.07. The van der Waals surface area contributed by atoms with Gasteiger partial charge < -0.3 is 10.5 Å². The summed E-state index contributed by atoms with van der Waals surface area (Å²) in [5, 5.41) is 0. The largest absolute Gasteiger partial charge is 0.489 e. The third-order valence-electron chi connectivity index (χ3n) is 2.67. The molecule has 0 saturated carbocycles. The molecule has 3 nitrogen and oxygen atoms in total. The summed E-state index contributed by atoms with van der Waals surface area (Å²) in [6, 6.07) is 9.23. The van der Waals surface area contributed by atoms with Crippen LogP contribution in [0.15, 0.2) is 42.7 Å². The lowest BCUT2D eigenvalue weighted by atomic mass is 10.1. The number of nitrogens with zero attached hydrogens (tertiary/aromatic N) is 1. The maximum Gasteiger partial charge on any atom is 0.141 e. The van der Waals surface area contributed by atoms with E-state index in [1.54, 1.807) is 6.20 Å². The molecule has 1 aromatic heterocycles. The minimum absolute atomic E-state index is 0.0700. The van der Waals surface area contributed by atoms with E-state index in [4.69, 9.17) is 10.5 Å². The molecule has 1 atom stereocenters. The summed E-state index contributed by atoms with van der Waals surface area (Å²) < 4.78 is 18.7. The highest BCUT2D eigenvalue weighted by Gasteiger charge is 2.06. The van der Waals surface area contributed by atoms with Crippen LogP contribution in [0.2, 0.25) is 0 Å². The highest BCUT2D eigenvalue weighted by atomic mass is 19.1. The van der Waals surface area contributed by atoms with E-state index in [0.29, 0.717) is 12.2 Å². The third kappa shape index (κ3) is 4.03. The standard InChI is InChI=1S/C15H17FN2O/c1-11(17)6-13-4-2-3-5-15(13)19-10-12-7-14(16)9-18-8-12/h2-5,7-9,11H,6,10,17H2,1H3. The van der Waals surface area contributed by atoms with E-state index < -0.39 is 0 Å². The van der Waals surface area contributed by atoms with Gasteiger partial charge in [0.25, 0.3) is 0 Å². The molecule has 0 radical (unpaired) electrons. The van der Waals surface area contributed by atoms with Gasteiger partial charge >= 0.3 is 0 Å². The molecule has 0 bridgehead atoms. The zero-order chi connectivity index (χ0) is 13.7. The minimum Gasteiger partial charge on any atom is -0.489 e. The minimum atomic E-state index is -0.357. The SMILES string of the molecule is CC(N)Cc1ccccc1OCc1cncc(F)c1. The van der Waals surface area contributed by atoms with Crippen molar-refractivity contribution in [1.82, 2.24) is 4.98 Å². The molecule has 0 fully saturated rings. The quantitative estimate of drug-likeness (QED) is 0.899. The third-order valence-corrected chi connectivity index (χ3v) is 2.67. The monoisotopic (exact) mass is 260 g/mol. The van der Waals surface area contributed by atoms with E-state index in [9.17, 15) is 4.39 Å². The summed E-state index contributed by atoms with van der Waals surface area (Å²) >= 11 is 0. The Bertz CT molecular complexity index is 543. The van der Waals surface area contributed by atoms with E-state index in [-0.39, 0.29) is 11.9 Å². The zero-order valence-corrected chi connectivity index (χ0v) is 10.8. The maximum atomic E-state index is 13.0.